The van der Waals surface area contributed by atoms with E-state index in [4.69, 9.17) is 0 Å². The molecule has 2 aromatic heterocycles. The molecule has 0 saturated heterocycles. The van der Waals surface area contributed by atoms with Crippen LogP contribution in [-0.4, -0.2) is 43.6 Å². The topological polar surface area (TPSA) is 120 Å². The van der Waals surface area contributed by atoms with Crippen molar-refractivity contribution in [2.75, 3.05) is 13.1 Å². The highest BCUT2D eigenvalue weighted by Gasteiger charge is 2.14. The number of fused-ring (bicyclic) bond motifs is 1. The summed E-state index contributed by atoms with van der Waals surface area (Å²) in [5.74, 6) is -0.231. The lowest BCUT2D eigenvalue weighted by Crippen LogP contribution is -2.37. The van der Waals surface area contributed by atoms with E-state index in [0.29, 0.717) is 43.6 Å². The van der Waals surface area contributed by atoms with Gasteiger partial charge in [-0.1, -0.05) is 30.3 Å². The molecule has 0 fully saturated rings. The van der Waals surface area contributed by atoms with Gasteiger partial charge in [0.05, 0.1) is 12.7 Å². The molecule has 2 N–H and O–H groups in total. The van der Waals surface area contributed by atoms with Crippen LogP contribution in [0, 0.1) is 0 Å². The van der Waals surface area contributed by atoms with Gasteiger partial charge in [-0.3, -0.25) is 23.5 Å². The van der Waals surface area contributed by atoms with Crippen molar-refractivity contribution in [1.82, 2.24) is 29.3 Å². The first kappa shape index (κ1) is 22.0. The highest BCUT2D eigenvalue weighted by molar-refractivity contribution is 5.79. The van der Waals surface area contributed by atoms with Crippen LogP contribution in [0.25, 0.3) is 11.2 Å². The summed E-state index contributed by atoms with van der Waals surface area (Å²) in [4.78, 5) is 52.4. The van der Waals surface area contributed by atoms with E-state index < -0.39 is 11.2 Å². The van der Waals surface area contributed by atoms with E-state index in [1.165, 1.54) is 17.9 Å². The molecule has 0 radical (unpaired) electrons. The largest absolute Gasteiger partial charge is 0.354 e. The third kappa shape index (κ3) is 5.27. The minimum Gasteiger partial charge on any atom is -0.354 e. The van der Waals surface area contributed by atoms with Gasteiger partial charge in [-0.15, -0.1) is 0 Å². The van der Waals surface area contributed by atoms with E-state index in [-0.39, 0.29) is 18.2 Å². The van der Waals surface area contributed by atoms with Gasteiger partial charge in [0.2, 0.25) is 11.8 Å². The summed E-state index contributed by atoms with van der Waals surface area (Å²) in [6, 6.07) is 9.44. The molecule has 0 saturated carbocycles. The van der Waals surface area contributed by atoms with Crippen molar-refractivity contribution < 1.29 is 9.59 Å². The van der Waals surface area contributed by atoms with Crippen LogP contribution in [0.15, 0.2) is 46.2 Å². The number of nitrogens with one attached hydrogen (secondary N) is 2. The smallest absolute Gasteiger partial charge is 0.332 e. The highest BCUT2D eigenvalue weighted by Crippen LogP contribution is 2.07. The van der Waals surface area contributed by atoms with E-state index >= 15 is 0 Å². The molecule has 0 bridgehead atoms. The number of carbonyl (C=O) groups excluding carboxylic acids is 2. The Bertz CT molecular complexity index is 1190. The molecular weight excluding hydrogens is 400 g/mol. The minimum atomic E-state index is -0.432. The number of carbonyl (C=O) groups is 2. The molecule has 2 heterocycles. The fraction of sp³-hybridized carbons (Fsp3) is 0.381. The predicted octanol–water partition coefficient (Wildman–Crippen LogP) is -0.311. The second kappa shape index (κ2) is 9.88. The van der Waals surface area contributed by atoms with Gasteiger partial charge in [-0.2, -0.15) is 0 Å². The zero-order chi connectivity index (χ0) is 22.4. The lowest BCUT2D eigenvalue weighted by molar-refractivity contribution is -0.122. The van der Waals surface area contributed by atoms with Crippen molar-refractivity contribution in [3.8, 4) is 0 Å². The van der Waals surface area contributed by atoms with Gasteiger partial charge in [-0.05, 0) is 12.0 Å². The van der Waals surface area contributed by atoms with Crippen LogP contribution >= 0.6 is 0 Å². The average molecular weight is 426 g/mol. The van der Waals surface area contributed by atoms with Gasteiger partial charge in [0.1, 0.15) is 0 Å². The number of hydrogen-bond donors (Lipinski definition) is 2. The molecule has 3 rings (SSSR count). The number of imidazole rings is 1. The summed E-state index contributed by atoms with van der Waals surface area (Å²) >= 11 is 0. The summed E-state index contributed by atoms with van der Waals surface area (Å²) < 4.78 is 4.03. The van der Waals surface area contributed by atoms with Crippen LogP contribution in [0.3, 0.4) is 0 Å². The number of aromatic nitrogens is 4. The number of nitrogens with zero attached hydrogens (tertiary/aromatic N) is 4. The SMILES string of the molecule is Cn1c(=O)c2c(ncn2CCCC(=O)NCCNC(=O)Cc2ccccc2)n(C)c1=O. The summed E-state index contributed by atoms with van der Waals surface area (Å²) in [6.07, 6.45) is 2.58. The van der Waals surface area contributed by atoms with Crippen LogP contribution in [0.5, 0.6) is 0 Å². The van der Waals surface area contributed by atoms with Crippen LogP contribution in [0.1, 0.15) is 18.4 Å². The maximum absolute atomic E-state index is 12.4. The highest BCUT2D eigenvalue weighted by atomic mass is 16.2. The van der Waals surface area contributed by atoms with Crippen LogP contribution < -0.4 is 21.9 Å². The van der Waals surface area contributed by atoms with Crippen molar-refractivity contribution >= 4 is 23.0 Å². The van der Waals surface area contributed by atoms with Gasteiger partial charge in [-0.25, -0.2) is 9.78 Å². The summed E-state index contributed by atoms with van der Waals surface area (Å²) in [6.45, 7) is 1.12. The number of aryl methyl sites for hydroxylation is 2. The molecule has 0 unspecified atom stereocenters. The van der Waals surface area contributed by atoms with Crippen molar-refractivity contribution in [3.63, 3.8) is 0 Å². The second-order valence-corrected chi connectivity index (χ2v) is 7.28. The number of benzene rings is 1. The van der Waals surface area contributed by atoms with Crippen molar-refractivity contribution in [2.45, 2.75) is 25.8 Å². The molecule has 10 heteroatoms. The monoisotopic (exact) mass is 426 g/mol. The fourth-order valence-electron chi connectivity index (χ4n) is 3.31. The quantitative estimate of drug-likeness (QED) is 0.455. The molecule has 31 heavy (non-hydrogen) atoms. The van der Waals surface area contributed by atoms with E-state index in [0.717, 1.165) is 10.1 Å². The molecule has 0 aliphatic rings. The molecule has 1 aromatic carbocycles. The van der Waals surface area contributed by atoms with E-state index in [1.807, 2.05) is 30.3 Å². The molecule has 0 spiro atoms. The summed E-state index contributed by atoms with van der Waals surface area (Å²) in [5, 5.41) is 5.54. The van der Waals surface area contributed by atoms with Gasteiger partial charge in [0, 0.05) is 40.2 Å². The van der Waals surface area contributed by atoms with E-state index in [1.54, 1.807) is 11.6 Å². The molecular formula is C21H26N6O4. The van der Waals surface area contributed by atoms with Gasteiger partial charge < -0.3 is 15.2 Å². The summed E-state index contributed by atoms with van der Waals surface area (Å²) in [7, 11) is 2.99. The molecule has 3 aromatic rings. The second-order valence-electron chi connectivity index (χ2n) is 7.28. The first-order chi connectivity index (χ1) is 14.9. The molecule has 164 valence electrons. The Morgan fingerprint density at radius 2 is 1.65 bits per heavy atom. The molecule has 0 aliphatic carbocycles. The van der Waals surface area contributed by atoms with Crippen LogP contribution in [0.4, 0.5) is 0 Å². The Kier molecular flexibility index (Phi) is 7.01. The third-order valence-electron chi connectivity index (χ3n) is 5.00. The molecule has 2 amide bonds. The van der Waals surface area contributed by atoms with Crippen molar-refractivity contribution in [2.24, 2.45) is 14.1 Å². The Morgan fingerprint density at radius 3 is 2.35 bits per heavy atom. The zero-order valence-corrected chi connectivity index (χ0v) is 17.6. The Hall–Kier alpha value is -3.69. The Balaban J connectivity index is 1.41. The zero-order valence-electron chi connectivity index (χ0n) is 17.6. The molecule has 0 aliphatic heterocycles. The molecule has 0 atom stereocenters. The lowest BCUT2D eigenvalue weighted by Gasteiger charge is -2.08. The number of amides is 2. The lowest BCUT2D eigenvalue weighted by atomic mass is 10.1. The van der Waals surface area contributed by atoms with Gasteiger partial charge in [0.25, 0.3) is 5.56 Å². The van der Waals surface area contributed by atoms with E-state index in [9.17, 15) is 19.2 Å². The van der Waals surface area contributed by atoms with E-state index in [2.05, 4.69) is 15.6 Å². The minimum absolute atomic E-state index is 0.0941. The van der Waals surface area contributed by atoms with Crippen LogP contribution in [-0.2, 0) is 36.6 Å². The number of rotatable bonds is 9. The molecule has 10 nitrogen and oxygen atoms in total. The first-order valence-corrected chi connectivity index (χ1v) is 10.1. The Labute approximate surface area is 178 Å². The van der Waals surface area contributed by atoms with Crippen molar-refractivity contribution in [3.05, 3.63) is 63.1 Å². The maximum Gasteiger partial charge on any atom is 0.332 e. The maximum atomic E-state index is 12.4. The average Bonchev–Trinajstić information content (AvgIpc) is 3.18. The van der Waals surface area contributed by atoms with Gasteiger partial charge in [0.15, 0.2) is 11.2 Å². The first-order valence-electron chi connectivity index (χ1n) is 10.1. The van der Waals surface area contributed by atoms with Crippen molar-refractivity contribution in [1.29, 1.82) is 0 Å². The standard InChI is InChI=1S/C21H26N6O4/c1-25-19-18(20(30)26(2)21(25)31)27(14-24-19)12-6-9-16(28)22-10-11-23-17(29)13-15-7-4-3-5-8-15/h3-5,7-8,14H,6,9-13H2,1-2H3,(H,22,28)(H,23,29). The summed E-state index contributed by atoms with van der Waals surface area (Å²) in [5.41, 5.74) is 0.755. The third-order valence-corrected chi connectivity index (χ3v) is 5.00. The Morgan fingerprint density at radius 1 is 0.968 bits per heavy atom. The fourth-order valence-corrected chi connectivity index (χ4v) is 3.31. The van der Waals surface area contributed by atoms with Gasteiger partial charge >= 0.3 is 5.69 Å². The normalized spacial score (nSPS) is 10.9. The predicted molar refractivity (Wildman–Crippen MR) is 116 cm³/mol. The number of hydrogen-bond acceptors (Lipinski definition) is 5. The van der Waals surface area contributed by atoms with Crippen LogP contribution in [0.2, 0.25) is 0 Å².